The quantitative estimate of drug-likeness (QED) is 0.639. The number of benzene rings is 3. The summed E-state index contributed by atoms with van der Waals surface area (Å²) in [5.41, 5.74) is 6.29. The van der Waals surface area contributed by atoms with Crippen molar-refractivity contribution < 1.29 is 4.79 Å². The third kappa shape index (κ3) is 3.24. The summed E-state index contributed by atoms with van der Waals surface area (Å²) < 4.78 is 0. The highest BCUT2D eigenvalue weighted by Crippen LogP contribution is 2.35. The lowest BCUT2D eigenvalue weighted by Crippen LogP contribution is -2.12. The predicted molar refractivity (Wildman–Crippen MR) is 109 cm³/mol. The molecule has 1 aliphatic carbocycles. The van der Waals surface area contributed by atoms with Crippen LogP contribution in [0.25, 0.3) is 10.8 Å². The highest BCUT2D eigenvalue weighted by molar-refractivity contribution is 6.05. The molecule has 1 N–H and O–H groups in total. The van der Waals surface area contributed by atoms with Gasteiger partial charge in [-0.1, -0.05) is 62.4 Å². The molecule has 1 aliphatic rings. The van der Waals surface area contributed by atoms with Crippen LogP contribution in [0.4, 0.5) is 5.69 Å². The van der Waals surface area contributed by atoms with Crippen LogP contribution in [0.2, 0.25) is 0 Å². The van der Waals surface area contributed by atoms with Crippen LogP contribution in [-0.4, -0.2) is 5.91 Å². The first-order valence-corrected chi connectivity index (χ1v) is 9.54. The second kappa shape index (κ2) is 6.95. The maximum absolute atomic E-state index is 12.5. The standard InChI is InChI=1S/C24H25NO/c1-16(2)18-9-6-17(7-10-18)8-15-23(26)25-22-14-13-20-12-11-19-4-3-5-21(22)24(19)20/h3-7,9-10,13-14,16H,8,11-12,15H2,1-2H3,(H,25,26). The highest BCUT2D eigenvalue weighted by Gasteiger charge is 2.16. The van der Waals surface area contributed by atoms with Gasteiger partial charge in [-0.25, -0.2) is 0 Å². The van der Waals surface area contributed by atoms with Crippen molar-refractivity contribution in [2.75, 3.05) is 5.32 Å². The Kier molecular flexibility index (Phi) is 4.50. The maximum atomic E-state index is 12.5. The van der Waals surface area contributed by atoms with Crippen molar-refractivity contribution in [1.29, 1.82) is 0 Å². The molecule has 0 atom stereocenters. The minimum Gasteiger partial charge on any atom is -0.326 e. The molecule has 132 valence electrons. The van der Waals surface area contributed by atoms with Gasteiger partial charge in [0.05, 0.1) is 0 Å². The van der Waals surface area contributed by atoms with Crippen molar-refractivity contribution in [3.05, 3.63) is 76.9 Å². The van der Waals surface area contributed by atoms with Crippen LogP contribution >= 0.6 is 0 Å². The molecule has 3 aromatic carbocycles. The van der Waals surface area contributed by atoms with Crippen molar-refractivity contribution in [1.82, 2.24) is 0 Å². The Balaban J connectivity index is 1.45. The minimum atomic E-state index is 0.0802. The van der Waals surface area contributed by atoms with Gasteiger partial charge in [0.15, 0.2) is 0 Å². The average molecular weight is 343 g/mol. The Hall–Kier alpha value is -2.61. The molecule has 0 radical (unpaired) electrons. The zero-order chi connectivity index (χ0) is 18.1. The summed E-state index contributed by atoms with van der Waals surface area (Å²) in [7, 11) is 0. The molecule has 0 saturated carbocycles. The third-order valence-electron chi connectivity index (χ3n) is 5.44. The Morgan fingerprint density at radius 2 is 1.69 bits per heavy atom. The number of carbonyl (C=O) groups is 1. The number of rotatable bonds is 5. The predicted octanol–water partition coefficient (Wildman–Crippen LogP) is 5.63. The van der Waals surface area contributed by atoms with Gasteiger partial charge in [-0.3, -0.25) is 4.79 Å². The second-order valence-corrected chi connectivity index (χ2v) is 7.56. The topological polar surface area (TPSA) is 29.1 Å². The number of hydrogen-bond donors (Lipinski definition) is 1. The zero-order valence-electron chi connectivity index (χ0n) is 15.5. The molecule has 0 saturated heterocycles. The first-order chi connectivity index (χ1) is 12.6. The van der Waals surface area contributed by atoms with Gasteiger partial charge < -0.3 is 5.32 Å². The number of carbonyl (C=O) groups excluding carboxylic acids is 1. The minimum absolute atomic E-state index is 0.0802. The summed E-state index contributed by atoms with van der Waals surface area (Å²) >= 11 is 0. The normalized spacial score (nSPS) is 12.7. The summed E-state index contributed by atoms with van der Waals surface area (Å²) in [6.45, 7) is 4.39. The van der Waals surface area contributed by atoms with E-state index in [1.165, 1.54) is 33.0 Å². The van der Waals surface area contributed by atoms with Crippen LogP contribution in [0.5, 0.6) is 0 Å². The molecule has 0 aromatic heterocycles. The molecular weight excluding hydrogens is 318 g/mol. The van der Waals surface area contributed by atoms with Crippen LogP contribution in [0.1, 0.15) is 48.4 Å². The molecule has 0 bridgehead atoms. The first kappa shape index (κ1) is 16.8. The molecule has 2 heteroatoms. The highest BCUT2D eigenvalue weighted by atomic mass is 16.1. The maximum Gasteiger partial charge on any atom is 0.224 e. The first-order valence-electron chi connectivity index (χ1n) is 9.54. The number of aryl methyl sites for hydroxylation is 3. The monoisotopic (exact) mass is 343 g/mol. The van der Waals surface area contributed by atoms with Gasteiger partial charge in [0, 0.05) is 17.5 Å². The molecule has 3 aromatic rings. The Labute approximate surface area is 155 Å². The molecular formula is C24H25NO. The van der Waals surface area contributed by atoms with E-state index >= 15 is 0 Å². The summed E-state index contributed by atoms with van der Waals surface area (Å²) in [6.07, 6.45) is 3.49. The fraction of sp³-hybridized carbons (Fsp3) is 0.292. The summed E-state index contributed by atoms with van der Waals surface area (Å²) in [5, 5.41) is 5.64. The number of anilines is 1. The van der Waals surface area contributed by atoms with E-state index in [0.717, 1.165) is 24.9 Å². The summed E-state index contributed by atoms with van der Waals surface area (Å²) in [5.74, 6) is 0.618. The van der Waals surface area contributed by atoms with E-state index in [9.17, 15) is 4.79 Å². The van der Waals surface area contributed by atoms with Crippen LogP contribution in [0, 0.1) is 0 Å². The molecule has 0 fully saturated rings. The van der Waals surface area contributed by atoms with Crippen molar-refractivity contribution in [2.24, 2.45) is 0 Å². The fourth-order valence-corrected chi connectivity index (χ4v) is 3.90. The van der Waals surface area contributed by atoms with Crippen molar-refractivity contribution in [3.63, 3.8) is 0 Å². The van der Waals surface area contributed by atoms with Gasteiger partial charge in [0.1, 0.15) is 0 Å². The molecule has 0 aliphatic heterocycles. The number of hydrogen-bond acceptors (Lipinski definition) is 1. The van der Waals surface area contributed by atoms with Crippen molar-refractivity contribution in [3.8, 4) is 0 Å². The van der Waals surface area contributed by atoms with Crippen LogP contribution < -0.4 is 5.32 Å². The van der Waals surface area contributed by atoms with Gasteiger partial charge in [0.2, 0.25) is 5.91 Å². The summed E-state index contributed by atoms with van der Waals surface area (Å²) in [4.78, 5) is 12.5. The van der Waals surface area contributed by atoms with Gasteiger partial charge >= 0.3 is 0 Å². The molecule has 0 spiro atoms. The zero-order valence-corrected chi connectivity index (χ0v) is 15.5. The molecule has 0 unspecified atom stereocenters. The fourth-order valence-electron chi connectivity index (χ4n) is 3.90. The third-order valence-corrected chi connectivity index (χ3v) is 5.44. The van der Waals surface area contributed by atoms with E-state index in [0.29, 0.717) is 12.3 Å². The van der Waals surface area contributed by atoms with Crippen molar-refractivity contribution in [2.45, 2.75) is 45.4 Å². The Morgan fingerprint density at radius 1 is 0.962 bits per heavy atom. The van der Waals surface area contributed by atoms with Gasteiger partial charge in [-0.2, -0.15) is 0 Å². The van der Waals surface area contributed by atoms with E-state index in [4.69, 9.17) is 0 Å². The van der Waals surface area contributed by atoms with Gasteiger partial charge in [-0.05, 0) is 58.9 Å². The molecule has 26 heavy (non-hydrogen) atoms. The Bertz CT molecular complexity index is 944. The molecule has 2 nitrogen and oxygen atoms in total. The van der Waals surface area contributed by atoms with Crippen LogP contribution in [0.15, 0.2) is 54.6 Å². The number of nitrogens with one attached hydrogen (secondary N) is 1. The molecule has 4 rings (SSSR count). The van der Waals surface area contributed by atoms with Crippen molar-refractivity contribution >= 4 is 22.4 Å². The Morgan fingerprint density at radius 3 is 2.42 bits per heavy atom. The van der Waals surface area contributed by atoms with E-state index < -0.39 is 0 Å². The summed E-state index contributed by atoms with van der Waals surface area (Å²) in [6, 6.07) is 19.3. The second-order valence-electron chi connectivity index (χ2n) is 7.56. The average Bonchev–Trinajstić information content (AvgIpc) is 3.07. The van der Waals surface area contributed by atoms with Gasteiger partial charge in [0.25, 0.3) is 0 Å². The van der Waals surface area contributed by atoms with E-state index in [1.807, 2.05) is 0 Å². The SMILES string of the molecule is CC(C)c1ccc(CCC(=O)Nc2ccc3c4c(cccc24)CC3)cc1. The lowest BCUT2D eigenvalue weighted by atomic mass is 10.00. The van der Waals surface area contributed by atoms with E-state index in [-0.39, 0.29) is 5.91 Å². The molecule has 0 heterocycles. The van der Waals surface area contributed by atoms with Crippen LogP contribution in [-0.2, 0) is 24.1 Å². The molecule has 1 amide bonds. The lowest BCUT2D eigenvalue weighted by molar-refractivity contribution is -0.116. The van der Waals surface area contributed by atoms with E-state index in [1.54, 1.807) is 0 Å². The lowest BCUT2D eigenvalue weighted by Gasteiger charge is -2.11. The largest absolute Gasteiger partial charge is 0.326 e. The van der Waals surface area contributed by atoms with Crippen LogP contribution in [0.3, 0.4) is 0 Å². The smallest absolute Gasteiger partial charge is 0.224 e. The van der Waals surface area contributed by atoms with Gasteiger partial charge in [-0.15, -0.1) is 0 Å². The van der Waals surface area contributed by atoms with E-state index in [2.05, 4.69) is 73.8 Å². The number of amides is 1.